The second-order valence-corrected chi connectivity index (χ2v) is 5.84. The lowest BCUT2D eigenvalue weighted by atomic mass is 9.96. The lowest BCUT2D eigenvalue weighted by Gasteiger charge is -2.20. The zero-order chi connectivity index (χ0) is 14.4. The molecule has 0 spiro atoms. The van der Waals surface area contributed by atoms with Crippen LogP contribution in [0.5, 0.6) is 5.75 Å². The van der Waals surface area contributed by atoms with Crippen molar-refractivity contribution in [1.29, 1.82) is 0 Å². The molecule has 1 aromatic rings. The number of anilines is 1. The lowest BCUT2D eigenvalue weighted by Crippen LogP contribution is -2.27. The summed E-state index contributed by atoms with van der Waals surface area (Å²) in [6.07, 6.45) is 0.124. The Morgan fingerprint density at radius 3 is 2.42 bits per heavy atom. The van der Waals surface area contributed by atoms with Gasteiger partial charge in [-0.05, 0) is 50.4 Å². The molecule has 4 heteroatoms. The molecule has 0 saturated carbocycles. The van der Waals surface area contributed by atoms with E-state index in [9.17, 15) is 0 Å². The molecule has 0 bridgehead atoms. The van der Waals surface area contributed by atoms with Gasteiger partial charge >= 0.3 is 0 Å². The molecule has 1 aromatic carbocycles. The predicted octanol–water partition coefficient (Wildman–Crippen LogP) is 3.77. The number of nitrogens with two attached hydrogens (primary N) is 1. The molecule has 1 atom stereocenters. The second kappa shape index (κ2) is 7.61. The van der Waals surface area contributed by atoms with Gasteiger partial charge in [0.05, 0.1) is 11.1 Å². The smallest absolute Gasteiger partial charge is 0.138 e. The third-order valence-electron chi connectivity index (χ3n) is 3.11. The standard InChI is InChI=1S/C15H25ClN2O/c1-10(2)12(8-17)9-18-13-5-6-15(14(16)7-13)19-11(3)4/h5-7,10-12,18H,8-9,17H2,1-4H3. The van der Waals surface area contributed by atoms with Crippen LogP contribution >= 0.6 is 11.6 Å². The summed E-state index contributed by atoms with van der Waals surface area (Å²) < 4.78 is 5.61. The molecule has 0 amide bonds. The van der Waals surface area contributed by atoms with E-state index < -0.39 is 0 Å². The van der Waals surface area contributed by atoms with Crippen molar-refractivity contribution < 1.29 is 4.74 Å². The van der Waals surface area contributed by atoms with Crippen LogP contribution in [0.15, 0.2) is 18.2 Å². The Morgan fingerprint density at radius 2 is 1.95 bits per heavy atom. The average molecular weight is 285 g/mol. The fourth-order valence-corrected chi connectivity index (χ4v) is 2.03. The second-order valence-electron chi connectivity index (χ2n) is 5.43. The molecule has 0 heterocycles. The van der Waals surface area contributed by atoms with E-state index in [4.69, 9.17) is 22.1 Å². The highest BCUT2D eigenvalue weighted by molar-refractivity contribution is 6.32. The Kier molecular flexibility index (Phi) is 6.46. The predicted molar refractivity (Wildman–Crippen MR) is 83.1 cm³/mol. The molecule has 19 heavy (non-hydrogen) atoms. The molecule has 0 aliphatic heterocycles. The SMILES string of the molecule is CC(C)Oc1ccc(NCC(CN)C(C)C)cc1Cl. The first-order chi connectivity index (χ1) is 8.93. The summed E-state index contributed by atoms with van der Waals surface area (Å²) in [5, 5.41) is 4.01. The van der Waals surface area contributed by atoms with E-state index in [-0.39, 0.29) is 6.10 Å². The number of rotatable bonds is 7. The van der Waals surface area contributed by atoms with Crippen LogP contribution in [0.4, 0.5) is 5.69 Å². The van der Waals surface area contributed by atoms with E-state index in [2.05, 4.69) is 19.2 Å². The minimum absolute atomic E-state index is 0.124. The molecule has 0 saturated heterocycles. The topological polar surface area (TPSA) is 47.3 Å². The average Bonchev–Trinajstić information content (AvgIpc) is 2.32. The van der Waals surface area contributed by atoms with Gasteiger partial charge in [0.1, 0.15) is 5.75 Å². The zero-order valence-corrected chi connectivity index (χ0v) is 13.0. The number of nitrogens with one attached hydrogen (secondary N) is 1. The highest BCUT2D eigenvalue weighted by Crippen LogP contribution is 2.28. The van der Waals surface area contributed by atoms with Crippen molar-refractivity contribution in [3.05, 3.63) is 23.2 Å². The normalized spacial score (nSPS) is 12.8. The summed E-state index contributed by atoms with van der Waals surface area (Å²) in [5.41, 5.74) is 6.76. The van der Waals surface area contributed by atoms with Gasteiger partial charge < -0.3 is 15.8 Å². The largest absolute Gasteiger partial charge is 0.489 e. The van der Waals surface area contributed by atoms with Crippen LogP contribution < -0.4 is 15.8 Å². The maximum atomic E-state index is 6.20. The Bertz CT molecular complexity index is 394. The molecule has 1 rings (SSSR count). The first kappa shape index (κ1) is 16.1. The van der Waals surface area contributed by atoms with Crippen LogP contribution in [0.25, 0.3) is 0 Å². The van der Waals surface area contributed by atoms with Crippen molar-refractivity contribution in [2.24, 2.45) is 17.6 Å². The van der Waals surface area contributed by atoms with Crippen LogP contribution in [0, 0.1) is 11.8 Å². The van der Waals surface area contributed by atoms with Gasteiger partial charge in [0.15, 0.2) is 0 Å². The van der Waals surface area contributed by atoms with Gasteiger partial charge in [0, 0.05) is 12.2 Å². The lowest BCUT2D eigenvalue weighted by molar-refractivity contribution is 0.242. The fourth-order valence-electron chi connectivity index (χ4n) is 1.80. The highest BCUT2D eigenvalue weighted by Gasteiger charge is 2.11. The number of hydrogen-bond donors (Lipinski definition) is 2. The van der Waals surface area contributed by atoms with Crippen LogP contribution in [-0.2, 0) is 0 Å². The van der Waals surface area contributed by atoms with Crippen LogP contribution in [0.1, 0.15) is 27.7 Å². The van der Waals surface area contributed by atoms with Crippen molar-refractivity contribution in [3.63, 3.8) is 0 Å². The molecule has 1 unspecified atom stereocenters. The van der Waals surface area contributed by atoms with Gasteiger partial charge in [-0.25, -0.2) is 0 Å². The maximum Gasteiger partial charge on any atom is 0.138 e. The van der Waals surface area contributed by atoms with E-state index in [1.54, 1.807) is 0 Å². The number of benzene rings is 1. The summed E-state index contributed by atoms with van der Waals surface area (Å²) in [6, 6.07) is 5.78. The summed E-state index contributed by atoms with van der Waals surface area (Å²) in [4.78, 5) is 0. The van der Waals surface area contributed by atoms with Gasteiger partial charge in [-0.2, -0.15) is 0 Å². The van der Waals surface area contributed by atoms with Gasteiger partial charge in [0.25, 0.3) is 0 Å². The molecule has 0 aliphatic rings. The molecular weight excluding hydrogens is 260 g/mol. The fraction of sp³-hybridized carbons (Fsp3) is 0.600. The van der Waals surface area contributed by atoms with E-state index in [0.29, 0.717) is 23.4 Å². The Morgan fingerprint density at radius 1 is 1.26 bits per heavy atom. The van der Waals surface area contributed by atoms with Crippen LogP contribution in [0.2, 0.25) is 5.02 Å². The van der Waals surface area contributed by atoms with Crippen molar-refractivity contribution in [3.8, 4) is 5.75 Å². The number of ether oxygens (including phenoxy) is 1. The van der Waals surface area contributed by atoms with Crippen molar-refractivity contribution in [2.75, 3.05) is 18.4 Å². The van der Waals surface area contributed by atoms with E-state index >= 15 is 0 Å². The molecule has 0 aromatic heterocycles. The zero-order valence-electron chi connectivity index (χ0n) is 12.2. The minimum Gasteiger partial charge on any atom is -0.489 e. The number of hydrogen-bond acceptors (Lipinski definition) is 3. The maximum absolute atomic E-state index is 6.20. The van der Waals surface area contributed by atoms with Gasteiger partial charge in [0.2, 0.25) is 0 Å². The summed E-state index contributed by atoms with van der Waals surface area (Å²) >= 11 is 6.20. The van der Waals surface area contributed by atoms with Gasteiger partial charge in [-0.15, -0.1) is 0 Å². The minimum atomic E-state index is 0.124. The number of halogens is 1. The van der Waals surface area contributed by atoms with Gasteiger partial charge in [-0.3, -0.25) is 0 Å². The summed E-state index contributed by atoms with van der Waals surface area (Å²) in [5.74, 6) is 1.75. The third kappa shape index (κ3) is 5.29. The molecular formula is C15H25ClN2O. The molecule has 108 valence electrons. The molecule has 0 fully saturated rings. The van der Waals surface area contributed by atoms with Crippen LogP contribution in [-0.4, -0.2) is 19.2 Å². The molecule has 3 nitrogen and oxygen atoms in total. The van der Waals surface area contributed by atoms with Gasteiger partial charge in [-0.1, -0.05) is 25.4 Å². The first-order valence-electron chi connectivity index (χ1n) is 6.84. The Labute approximate surface area is 121 Å². The van der Waals surface area contributed by atoms with Crippen molar-refractivity contribution >= 4 is 17.3 Å². The van der Waals surface area contributed by atoms with Crippen LogP contribution in [0.3, 0.4) is 0 Å². The monoisotopic (exact) mass is 284 g/mol. The molecule has 0 aliphatic carbocycles. The third-order valence-corrected chi connectivity index (χ3v) is 3.40. The Hall–Kier alpha value is -0.930. The highest BCUT2D eigenvalue weighted by atomic mass is 35.5. The first-order valence-corrected chi connectivity index (χ1v) is 7.22. The molecule has 0 radical (unpaired) electrons. The van der Waals surface area contributed by atoms with E-state index in [1.165, 1.54) is 0 Å². The van der Waals surface area contributed by atoms with Crippen molar-refractivity contribution in [2.45, 2.75) is 33.8 Å². The summed E-state index contributed by atoms with van der Waals surface area (Å²) in [6.45, 7) is 9.88. The summed E-state index contributed by atoms with van der Waals surface area (Å²) in [7, 11) is 0. The van der Waals surface area contributed by atoms with E-state index in [0.717, 1.165) is 18.0 Å². The Balaban J connectivity index is 2.63. The quantitative estimate of drug-likeness (QED) is 0.801. The van der Waals surface area contributed by atoms with Crippen molar-refractivity contribution in [1.82, 2.24) is 0 Å². The van der Waals surface area contributed by atoms with E-state index in [1.807, 2.05) is 32.0 Å². The molecule has 3 N–H and O–H groups in total.